The quantitative estimate of drug-likeness (QED) is 0.515. The molecule has 3 rings (SSSR count). The van der Waals surface area contributed by atoms with Crippen LogP contribution >= 0.6 is 0 Å². The second-order valence-corrected chi connectivity index (χ2v) is 7.09. The van der Waals surface area contributed by atoms with Crippen LogP contribution in [0.2, 0.25) is 0 Å². The Balaban J connectivity index is 1.78. The van der Waals surface area contributed by atoms with Crippen LogP contribution < -0.4 is 10.1 Å². The molecule has 0 aromatic heterocycles. The first kappa shape index (κ1) is 21.9. The minimum absolute atomic E-state index is 0.0634. The molecule has 0 unspecified atom stereocenters. The summed E-state index contributed by atoms with van der Waals surface area (Å²) in [5.41, 5.74) is 2.27. The highest BCUT2D eigenvalue weighted by atomic mass is 19.4. The fraction of sp³-hybridized carbons (Fsp3) is 0.250. The molecule has 0 bridgehead atoms. The maximum atomic E-state index is 12.8. The second-order valence-electron chi connectivity index (χ2n) is 7.09. The van der Waals surface area contributed by atoms with Crippen molar-refractivity contribution in [3.63, 3.8) is 0 Å². The minimum atomic E-state index is -4.39. The van der Waals surface area contributed by atoms with Crippen LogP contribution in [-0.4, -0.2) is 18.8 Å². The van der Waals surface area contributed by atoms with Gasteiger partial charge in [-0.1, -0.05) is 48.5 Å². The number of hydrogen-bond donors (Lipinski definition) is 2. The predicted octanol–water partition coefficient (Wildman–Crippen LogP) is 5.77. The molecule has 30 heavy (non-hydrogen) atoms. The lowest BCUT2D eigenvalue weighted by molar-refractivity contribution is -0.137. The number of aliphatic hydroxyl groups is 1. The van der Waals surface area contributed by atoms with Gasteiger partial charge >= 0.3 is 6.18 Å². The molecule has 3 aromatic rings. The molecular weight excluding hydrogens is 391 g/mol. The molecule has 3 aromatic carbocycles. The van der Waals surface area contributed by atoms with Gasteiger partial charge in [0.15, 0.2) is 0 Å². The second kappa shape index (κ2) is 9.32. The zero-order valence-corrected chi connectivity index (χ0v) is 16.8. The van der Waals surface area contributed by atoms with Crippen LogP contribution in [0.1, 0.15) is 35.8 Å². The van der Waals surface area contributed by atoms with Crippen LogP contribution in [0, 0.1) is 0 Å². The number of rotatable bonds is 7. The summed E-state index contributed by atoms with van der Waals surface area (Å²) in [6, 6.07) is 20.1. The molecule has 6 heteroatoms. The van der Waals surface area contributed by atoms with E-state index in [-0.39, 0.29) is 6.04 Å². The molecule has 0 aliphatic carbocycles. The summed E-state index contributed by atoms with van der Waals surface area (Å²) in [5.74, 6) is 0.524. The SMILES string of the molecule is COc1ccc([C@@H](O)CN[C@H](C)c2ccccc2)cc1-c1ccc(C(F)(F)F)cc1. The van der Waals surface area contributed by atoms with Crippen molar-refractivity contribution in [1.82, 2.24) is 5.32 Å². The van der Waals surface area contributed by atoms with E-state index in [2.05, 4.69) is 5.32 Å². The molecule has 0 aliphatic heterocycles. The van der Waals surface area contributed by atoms with E-state index >= 15 is 0 Å². The molecule has 2 N–H and O–H groups in total. The van der Waals surface area contributed by atoms with E-state index in [1.54, 1.807) is 18.2 Å². The largest absolute Gasteiger partial charge is 0.496 e. The smallest absolute Gasteiger partial charge is 0.416 e. The van der Waals surface area contributed by atoms with Crippen molar-refractivity contribution in [1.29, 1.82) is 0 Å². The highest BCUT2D eigenvalue weighted by molar-refractivity contribution is 5.71. The van der Waals surface area contributed by atoms with Crippen molar-refractivity contribution in [3.8, 4) is 16.9 Å². The van der Waals surface area contributed by atoms with Gasteiger partial charge in [0, 0.05) is 18.2 Å². The molecular formula is C24H24F3NO2. The van der Waals surface area contributed by atoms with Crippen molar-refractivity contribution >= 4 is 0 Å². The lowest BCUT2D eigenvalue weighted by Crippen LogP contribution is -2.24. The Bertz CT molecular complexity index is 956. The normalized spacial score (nSPS) is 13.7. The Morgan fingerprint density at radius 2 is 1.60 bits per heavy atom. The Labute approximate surface area is 174 Å². The Kier molecular flexibility index (Phi) is 6.80. The standard InChI is InChI=1S/C24H24F3NO2/c1-16(17-6-4-3-5-7-17)28-15-22(29)19-10-13-23(30-2)21(14-19)18-8-11-20(12-9-18)24(25,26)27/h3-14,16,22,28-29H,15H2,1-2H3/t16-,22+/m1/s1. The third kappa shape index (κ3) is 5.20. The summed E-state index contributed by atoms with van der Waals surface area (Å²) in [5, 5.41) is 14.0. The molecule has 0 aliphatic rings. The van der Waals surface area contributed by atoms with Crippen LogP contribution in [0.25, 0.3) is 11.1 Å². The molecule has 2 atom stereocenters. The van der Waals surface area contributed by atoms with Crippen LogP contribution in [-0.2, 0) is 6.18 Å². The zero-order valence-electron chi connectivity index (χ0n) is 16.8. The van der Waals surface area contributed by atoms with Crippen molar-refractivity contribution < 1.29 is 23.0 Å². The minimum Gasteiger partial charge on any atom is -0.496 e. The summed E-state index contributed by atoms with van der Waals surface area (Å²) in [7, 11) is 1.50. The topological polar surface area (TPSA) is 41.5 Å². The van der Waals surface area contributed by atoms with E-state index in [1.165, 1.54) is 19.2 Å². The Morgan fingerprint density at radius 1 is 0.933 bits per heavy atom. The number of hydrogen-bond acceptors (Lipinski definition) is 3. The van der Waals surface area contributed by atoms with E-state index in [9.17, 15) is 18.3 Å². The summed E-state index contributed by atoms with van der Waals surface area (Å²) in [6.07, 6.45) is -5.17. The fourth-order valence-corrected chi connectivity index (χ4v) is 3.26. The monoisotopic (exact) mass is 415 g/mol. The number of halogens is 3. The van der Waals surface area contributed by atoms with Crippen molar-refractivity contribution in [2.45, 2.75) is 25.2 Å². The third-order valence-electron chi connectivity index (χ3n) is 5.05. The van der Waals surface area contributed by atoms with Crippen LogP contribution in [0.3, 0.4) is 0 Å². The molecule has 0 saturated carbocycles. The number of alkyl halides is 3. The maximum Gasteiger partial charge on any atom is 0.416 e. The van der Waals surface area contributed by atoms with Gasteiger partial charge in [-0.15, -0.1) is 0 Å². The molecule has 0 radical (unpaired) electrons. The Hall–Kier alpha value is -2.83. The first-order valence-electron chi connectivity index (χ1n) is 9.61. The van der Waals surface area contributed by atoms with Gasteiger partial charge in [0.2, 0.25) is 0 Å². The van der Waals surface area contributed by atoms with Crippen LogP contribution in [0.5, 0.6) is 5.75 Å². The van der Waals surface area contributed by atoms with Crippen molar-refractivity contribution in [2.24, 2.45) is 0 Å². The van der Waals surface area contributed by atoms with Gasteiger partial charge in [-0.05, 0) is 47.9 Å². The lowest BCUT2D eigenvalue weighted by atomic mass is 9.98. The Morgan fingerprint density at radius 3 is 2.20 bits per heavy atom. The van der Waals surface area contributed by atoms with E-state index < -0.39 is 17.8 Å². The van der Waals surface area contributed by atoms with E-state index in [4.69, 9.17) is 4.74 Å². The molecule has 0 amide bonds. The first-order chi connectivity index (χ1) is 14.3. The maximum absolute atomic E-state index is 12.8. The number of benzene rings is 3. The first-order valence-corrected chi connectivity index (χ1v) is 9.61. The summed E-state index contributed by atoms with van der Waals surface area (Å²) < 4.78 is 43.9. The van der Waals surface area contributed by atoms with Gasteiger partial charge in [0.1, 0.15) is 5.75 Å². The summed E-state index contributed by atoms with van der Waals surface area (Å²) >= 11 is 0. The predicted molar refractivity (Wildman–Crippen MR) is 111 cm³/mol. The number of ether oxygens (including phenoxy) is 1. The van der Waals surface area contributed by atoms with E-state index in [0.717, 1.165) is 17.7 Å². The van der Waals surface area contributed by atoms with Crippen LogP contribution in [0.4, 0.5) is 13.2 Å². The lowest BCUT2D eigenvalue weighted by Gasteiger charge is -2.19. The highest BCUT2D eigenvalue weighted by Gasteiger charge is 2.30. The molecule has 0 heterocycles. The fourth-order valence-electron chi connectivity index (χ4n) is 3.26. The average molecular weight is 415 g/mol. The highest BCUT2D eigenvalue weighted by Crippen LogP contribution is 2.35. The van der Waals surface area contributed by atoms with Gasteiger partial charge in [-0.25, -0.2) is 0 Å². The van der Waals surface area contributed by atoms with Crippen molar-refractivity contribution in [2.75, 3.05) is 13.7 Å². The average Bonchev–Trinajstić information content (AvgIpc) is 2.76. The van der Waals surface area contributed by atoms with Crippen molar-refractivity contribution in [3.05, 3.63) is 89.5 Å². The molecule has 0 fully saturated rings. The number of nitrogens with one attached hydrogen (secondary N) is 1. The molecule has 3 nitrogen and oxygen atoms in total. The van der Waals surface area contributed by atoms with Crippen LogP contribution in [0.15, 0.2) is 72.8 Å². The van der Waals surface area contributed by atoms with Gasteiger partial charge in [0.05, 0.1) is 18.8 Å². The van der Waals surface area contributed by atoms with Gasteiger partial charge in [0.25, 0.3) is 0 Å². The summed E-state index contributed by atoms with van der Waals surface area (Å²) in [4.78, 5) is 0. The number of aliphatic hydroxyl groups excluding tert-OH is 1. The third-order valence-corrected chi connectivity index (χ3v) is 5.05. The van der Waals surface area contributed by atoms with E-state index in [1.807, 2.05) is 37.3 Å². The number of methoxy groups -OCH3 is 1. The molecule has 158 valence electrons. The van der Waals surface area contributed by atoms with E-state index in [0.29, 0.717) is 29.0 Å². The zero-order chi connectivity index (χ0) is 21.7. The van der Waals surface area contributed by atoms with Gasteiger partial charge in [-0.3, -0.25) is 0 Å². The molecule has 0 saturated heterocycles. The summed E-state index contributed by atoms with van der Waals surface area (Å²) in [6.45, 7) is 2.35. The molecule has 0 spiro atoms. The van der Waals surface area contributed by atoms with Gasteiger partial charge in [-0.2, -0.15) is 13.2 Å². The van der Waals surface area contributed by atoms with Gasteiger partial charge < -0.3 is 15.2 Å².